The number of para-hydroxylation sites is 2. The van der Waals surface area contributed by atoms with E-state index in [0.29, 0.717) is 18.3 Å². The van der Waals surface area contributed by atoms with Gasteiger partial charge in [0.05, 0.1) is 39.4 Å². The van der Waals surface area contributed by atoms with Crippen molar-refractivity contribution in [3.63, 3.8) is 0 Å². The number of hydrogen-bond acceptors (Lipinski definition) is 4. The summed E-state index contributed by atoms with van der Waals surface area (Å²) in [5, 5.41) is 10.6. The second-order valence-corrected chi connectivity index (χ2v) is 9.93. The molecule has 4 rings (SSSR count). The van der Waals surface area contributed by atoms with Gasteiger partial charge in [-0.1, -0.05) is 55.7 Å². The first-order valence-electron chi connectivity index (χ1n) is 12.2. The lowest BCUT2D eigenvalue weighted by atomic mass is 9.76. The Hall–Kier alpha value is -2.79. The molecule has 1 heterocycles. The van der Waals surface area contributed by atoms with Crippen molar-refractivity contribution in [2.75, 3.05) is 27.2 Å². The molecule has 0 saturated heterocycles. The lowest BCUT2D eigenvalue weighted by Crippen LogP contribution is -2.40. The quantitative estimate of drug-likeness (QED) is 0.298. The molecule has 1 aliphatic rings. The van der Waals surface area contributed by atoms with Crippen molar-refractivity contribution < 1.29 is 18.7 Å². The highest BCUT2D eigenvalue weighted by molar-refractivity contribution is 5.38. The van der Waals surface area contributed by atoms with E-state index in [4.69, 9.17) is 14.1 Å². The van der Waals surface area contributed by atoms with Crippen LogP contribution in [0, 0.1) is 5.92 Å². The molecule has 1 fully saturated rings. The normalized spacial score (nSPS) is 15.9. The summed E-state index contributed by atoms with van der Waals surface area (Å²) in [6, 6.07) is 17.6. The van der Waals surface area contributed by atoms with E-state index in [-0.39, 0.29) is 5.92 Å². The molecule has 176 valence electrons. The third-order valence-electron chi connectivity index (χ3n) is 6.73. The predicted octanol–water partition coefficient (Wildman–Crippen LogP) is 6.14. The Bertz CT molecular complexity index is 993. The van der Waals surface area contributed by atoms with E-state index in [9.17, 15) is 5.11 Å². The van der Waals surface area contributed by atoms with Crippen molar-refractivity contribution in [2.45, 2.75) is 51.0 Å². The first kappa shape index (κ1) is 23.4. The molecule has 5 nitrogen and oxygen atoms in total. The summed E-state index contributed by atoms with van der Waals surface area (Å²) in [6.07, 6.45) is 8.91. The number of benzene rings is 2. The molecule has 1 saturated carbocycles. The molecule has 1 aromatic heterocycles. The van der Waals surface area contributed by atoms with Gasteiger partial charge in [0.15, 0.2) is 5.76 Å². The number of rotatable bonds is 10. The number of phenolic OH excluding ortho intramolecular Hbond substituents is 1. The van der Waals surface area contributed by atoms with Gasteiger partial charge in [0.1, 0.15) is 18.0 Å². The van der Waals surface area contributed by atoms with Crippen LogP contribution < -0.4 is 4.74 Å². The van der Waals surface area contributed by atoms with Crippen LogP contribution in [0.4, 0.5) is 0 Å². The number of aromatic nitrogens is 1. The zero-order valence-electron chi connectivity index (χ0n) is 20.0. The van der Waals surface area contributed by atoms with Gasteiger partial charge < -0.3 is 18.7 Å². The van der Waals surface area contributed by atoms with Crippen LogP contribution in [0.3, 0.4) is 0 Å². The van der Waals surface area contributed by atoms with Gasteiger partial charge in [0.2, 0.25) is 5.89 Å². The van der Waals surface area contributed by atoms with E-state index < -0.39 is 0 Å². The summed E-state index contributed by atoms with van der Waals surface area (Å²) in [5.74, 6) is 3.36. The molecule has 33 heavy (non-hydrogen) atoms. The molecule has 3 aromatic rings. The molecule has 0 radical (unpaired) electrons. The standard InChI is InChI=1S/C28H36N2O3/c1-30(2,18-11-19-32-23-14-7-4-8-15-23)21-24-20-29-28(33-24)27(22-12-5-3-6-13-22)25-16-9-10-17-26(25)31/h4,7-10,14-17,20,22,27H,3,5-6,11-13,18-19,21H2,1-2H3/p+1. The maximum Gasteiger partial charge on any atom is 0.202 e. The average Bonchev–Trinajstić information content (AvgIpc) is 3.27. The van der Waals surface area contributed by atoms with Gasteiger partial charge in [-0.3, -0.25) is 0 Å². The number of ether oxygens (including phenoxy) is 1. The van der Waals surface area contributed by atoms with E-state index in [1.807, 2.05) is 54.7 Å². The van der Waals surface area contributed by atoms with Crippen molar-refractivity contribution in [1.29, 1.82) is 0 Å². The molecular weight excluding hydrogens is 412 g/mol. The minimum Gasteiger partial charge on any atom is -0.508 e. The van der Waals surface area contributed by atoms with Crippen molar-refractivity contribution in [2.24, 2.45) is 5.92 Å². The minimum absolute atomic E-state index is 0.00938. The van der Waals surface area contributed by atoms with E-state index in [0.717, 1.165) is 59.8 Å². The Labute approximate surface area is 197 Å². The van der Waals surface area contributed by atoms with Crippen molar-refractivity contribution >= 4 is 0 Å². The Morgan fingerprint density at radius 1 is 1.03 bits per heavy atom. The highest BCUT2D eigenvalue weighted by Crippen LogP contribution is 2.43. The first-order chi connectivity index (χ1) is 16.0. The second-order valence-electron chi connectivity index (χ2n) is 9.93. The number of oxazole rings is 1. The van der Waals surface area contributed by atoms with Gasteiger partial charge in [0, 0.05) is 12.0 Å². The highest BCUT2D eigenvalue weighted by atomic mass is 16.5. The third kappa shape index (κ3) is 6.38. The van der Waals surface area contributed by atoms with Crippen LogP contribution in [0.1, 0.15) is 61.7 Å². The second kappa shape index (κ2) is 10.9. The summed E-state index contributed by atoms with van der Waals surface area (Å²) < 4.78 is 13.0. The number of quaternary nitrogens is 1. The number of nitrogens with zero attached hydrogens (tertiary/aromatic N) is 2. The van der Waals surface area contributed by atoms with E-state index in [1.165, 1.54) is 19.3 Å². The van der Waals surface area contributed by atoms with Gasteiger partial charge in [0.25, 0.3) is 0 Å². The molecule has 1 N–H and O–H groups in total. The van der Waals surface area contributed by atoms with Crippen LogP contribution in [-0.4, -0.2) is 41.8 Å². The predicted molar refractivity (Wildman–Crippen MR) is 130 cm³/mol. The molecule has 0 aliphatic heterocycles. The molecule has 1 unspecified atom stereocenters. The SMILES string of the molecule is C[N+](C)(CCCOc1ccccc1)Cc1cnc(C(c2ccccc2O)C2CCCCC2)o1. The van der Waals surface area contributed by atoms with E-state index in [1.54, 1.807) is 6.07 Å². The van der Waals surface area contributed by atoms with Crippen LogP contribution in [0.2, 0.25) is 0 Å². The van der Waals surface area contributed by atoms with Gasteiger partial charge in [-0.15, -0.1) is 0 Å². The van der Waals surface area contributed by atoms with Crippen LogP contribution in [0.15, 0.2) is 65.2 Å². The highest BCUT2D eigenvalue weighted by Gasteiger charge is 2.32. The van der Waals surface area contributed by atoms with Crippen LogP contribution in [-0.2, 0) is 6.54 Å². The maximum atomic E-state index is 10.6. The zero-order chi connectivity index (χ0) is 23.1. The van der Waals surface area contributed by atoms with E-state index in [2.05, 4.69) is 14.1 Å². The summed E-state index contributed by atoms with van der Waals surface area (Å²) in [4.78, 5) is 4.72. The largest absolute Gasteiger partial charge is 0.508 e. The number of aromatic hydroxyl groups is 1. The third-order valence-corrected chi connectivity index (χ3v) is 6.73. The fourth-order valence-corrected chi connectivity index (χ4v) is 5.05. The fourth-order valence-electron chi connectivity index (χ4n) is 5.05. The fraction of sp³-hybridized carbons (Fsp3) is 0.464. The van der Waals surface area contributed by atoms with Crippen molar-refractivity contribution in [1.82, 2.24) is 4.98 Å². The monoisotopic (exact) mass is 449 g/mol. The Morgan fingerprint density at radius 2 is 1.76 bits per heavy atom. The molecule has 1 atom stereocenters. The summed E-state index contributed by atoms with van der Waals surface area (Å²) in [7, 11) is 4.43. The number of hydrogen-bond donors (Lipinski definition) is 1. The molecule has 1 aliphatic carbocycles. The Balaban J connectivity index is 1.40. The molecule has 0 amide bonds. The first-order valence-corrected chi connectivity index (χ1v) is 12.2. The summed E-state index contributed by atoms with van der Waals surface area (Å²) in [6.45, 7) is 2.45. The molecular formula is C28H37N2O3+. The average molecular weight is 450 g/mol. The van der Waals surface area contributed by atoms with Crippen molar-refractivity contribution in [3.05, 3.63) is 78.0 Å². The summed E-state index contributed by atoms with van der Waals surface area (Å²) in [5.41, 5.74) is 0.935. The molecule has 0 bridgehead atoms. The topological polar surface area (TPSA) is 55.5 Å². The smallest absolute Gasteiger partial charge is 0.202 e. The Morgan fingerprint density at radius 3 is 2.52 bits per heavy atom. The lowest BCUT2D eigenvalue weighted by Gasteiger charge is -2.29. The van der Waals surface area contributed by atoms with Gasteiger partial charge in [-0.25, -0.2) is 4.98 Å². The van der Waals surface area contributed by atoms with Crippen molar-refractivity contribution in [3.8, 4) is 11.5 Å². The van der Waals surface area contributed by atoms with Crippen LogP contribution in [0.5, 0.6) is 11.5 Å². The zero-order valence-corrected chi connectivity index (χ0v) is 20.0. The maximum absolute atomic E-state index is 10.6. The number of phenols is 1. The van der Waals surface area contributed by atoms with E-state index >= 15 is 0 Å². The van der Waals surface area contributed by atoms with Crippen LogP contribution in [0.25, 0.3) is 0 Å². The lowest BCUT2D eigenvalue weighted by molar-refractivity contribution is -0.904. The van der Waals surface area contributed by atoms with Crippen LogP contribution >= 0.6 is 0 Å². The minimum atomic E-state index is 0.00938. The molecule has 0 spiro atoms. The molecule has 2 aromatic carbocycles. The summed E-state index contributed by atoms with van der Waals surface area (Å²) >= 11 is 0. The van der Waals surface area contributed by atoms with Gasteiger partial charge in [-0.2, -0.15) is 0 Å². The molecule has 5 heteroatoms. The Kier molecular flexibility index (Phi) is 7.71. The van der Waals surface area contributed by atoms with Gasteiger partial charge in [-0.05, 0) is 37.0 Å². The van der Waals surface area contributed by atoms with Gasteiger partial charge >= 0.3 is 0 Å².